The first-order valence-corrected chi connectivity index (χ1v) is 11.8. The van der Waals surface area contributed by atoms with Crippen LogP contribution in [0.5, 0.6) is 5.75 Å². The van der Waals surface area contributed by atoms with Crippen LogP contribution in [-0.4, -0.2) is 38.3 Å². The van der Waals surface area contributed by atoms with Crippen molar-refractivity contribution in [1.29, 1.82) is 0 Å². The van der Waals surface area contributed by atoms with Crippen LogP contribution >= 0.6 is 11.6 Å². The van der Waals surface area contributed by atoms with Crippen LogP contribution in [0, 0.1) is 6.92 Å². The van der Waals surface area contributed by atoms with Crippen molar-refractivity contribution in [3.05, 3.63) is 53.1 Å². The predicted molar refractivity (Wildman–Crippen MR) is 119 cm³/mol. The number of anilines is 1. The quantitative estimate of drug-likeness (QED) is 0.667. The number of hydrogen-bond acceptors (Lipinski definition) is 4. The first-order chi connectivity index (χ1) is 14.3. The van der Waals surface area contributed by atoms with Crippen LogP contribution in [0.25, 0.3) is 0 Å². The molecule has 0 bridgehead atoms. The van der Waals surface area contributed by atoms with Gasteiger partial charge in [-0.05, 0) is 50.1 Å². The minimum Gasteiger partial charge on any atom is -0.495 e. The van der Waals surface area contributed by atoms with Gasteiger partial charge in [-0.1, -0.05) is 48.6 Å². The van der Waals surface area contributed by atoms with E-state index in [2.05, 4.69) is 5.32 Å². The highest BCUT2D eigenvalue weighted by molar-refractivity contribution is 7.89. The summed E-state index contributed by atoms with van der Waals surface area (Å²) in [6, 6.07) is 11.4. The maximum atomic E-state index is 13.4. The minimum absolute atomic E-state index is 0.197. The van der Waals surface area contributed by atoms with Crippen molar-refractivity contribution >= 4 is 33.2 Å². The summed E-state index contributed by atoms with van der Waals surface area (Å²) in [4.78, 5) is 13.1. The highest BCUT2D eigenvalue weighted by Crippen LogP contribution is 2.30. The number of benzene rings is 2. The third kappa shape index (κ3) is 5.33. The Balaban J connectivity index is 1.86. The molecule has 0 heterocycles. The molecule has 0 spiro atoms. The molecule has 0 unspecified atom stereocenters. The van der Waals surface area contributed by atoms with Crippen molar-refractivity contribution in [2.75, 3.05) is 19.0 Å². The number of carbonyl (C=O) groups excluding carboxylic acids is 1. The van der Waals surface area contributed by atoms with E-state index in [1.54, 1.807) is 42.5 Å². The van der Waals surface area contributed by atoms with Gasteiger partial charge < -0.3 is 10.1 Å². The maximum Gasteiger partial charge on any atom is 0.243 e. The summed E-state index contributed by atoms with van der Waals surface area (Å²) in [6.07, 6.45) is 4.49. The smallest absolute Gasteiger partial charge is 0.243 e. The first-order valence-electron chi connectivity index (χ1n) is 10.0. The van der Waals surface area contributed by atoms with Gasteiger partial charge >= 0.3 is 0 Å². The van der Waals surface area contributed by atoms with Gasteiger partial charge in [-0.3, -0.25) is 4.79 Å². The van der Waals surface area contributed by atoms with Crippen molar-refractivity contribution in [2.45, 2.75) is 50.0 Å². The second-order valence-corrected chi connectivity index (χ2v) is 9.87. The average Bonchev–Trinajstić information content (AvgIpc) is 2.73. The second-order valence-electron chi connectivity index (χ2n) is 7.55. The average molecular weight is 451 g/mol. The number of sulfonamides is 1. The fourth-order valence-electron chi connectivity index (χ4n) is 3.73. The summed E-state index contributed by atoms with van der Waals surface area (Å²) in [5.41, 5.74) is 1.38. The van der Waals surface area contributed by atoms with E-state index < -0.39 is 15.9 Å². The Morgan fingerprint density at radius 2 is 1.80 bits per heavy atom. The highest BCUT2D eigenvalue weighted by Gasteiger charge is 2.34. The lowest BCUT2D eigenvalue weighted by Crippen LogP contribution is -2.45. The van der Waals surface area contributed by atoms with E-state index in [0.29, 0.717) is 16.5 Å². The lowest BCUT2D eigenvalue weighted by molar-refractivity contribution is -0.116. The molecule has 0 aromatic heterocycles. The lowest BCUT2D eigenvalue weighted by Gasteiger charge is -2.33. The van der Waals surface area contributed by atoms with Gasteiger partial charge in [0.1, 0.15) is 5.75 Å². The fraction of sp³-hybridized carbons (Fsp3) is 0.409. The van der Waals surface area contributed by atoms with Crippen molar-refractivity contribution in [3.63, 3.8) is 0 Å². The molecular formula is C22H27ClN2O4S. The Morgan fingerprint density at radius 1 is 1.13 bits per heavy atom. The zero-order valence-electron chi connectivity index (χ0n) is 17.2. The van der Waals surface area contributed by atoms with Gasteiger partial charge in [0.15, 0.2) is 0 Å². The summed E-state index contributed by atoms with van der Waals surface area (Å²) >= 11 is 6.04. The molecule has 1 N–H and O–H groups in total. The standard InChI is InChI=1S/C22H27ClN2O4S/c1-16-8-11-19(12-9-16)30(27,28)25(18-6-4-3-5-7-18)15-22(26)24-20-14-17(23)10-13-21(20)29-2/h8-14,18H,3-7,15H2,1-2H3,(H,24,26). The highest BCUT2D eigenvalue weighted by atomic mass is 35.5. The molecule has 0 radical (unpaired) electrons. The maximum absolute atomic E-state index is 13.4. The van der Waals surface area contributed by atoms with Crippen LogP contribution in [-0.2, 0) is 14.8 Å². The molecule has 1 saturated carbocycles. The molecule has 1 fully saturated rings. The van der Waals surface area contributed by atoms with Gasteiger partial charge in [0.25, 0.3) is 0 Å². The molecule has 1 aliphatic carbocycles. The number of nitrogens with one attached hydrogen (secondary N) is 1. The zero-order valence-corrected chi connectivity index (χ0v) is 18.8. The molecule has 1 aliphatic rings. The number of halogens is 1. The molecule has 3 rings (SSSR count). The Hall–Kier alpha value is -2.09. The summed E-state index contributed by atoms with van der Waals surface area (Å²) in [7, 11) is -2.32. The number of carbonyl (C=O) groups is 1. The molecule has 30 heavy (non-hydrogen) atoms. The molecule has 2 aromatic rings. The zero-order chi connectivity index (χ0) is 21.7. The molecule has 8 heteroatoms. The number of ether oxygens (including phenoxy) is 1. The SMILES string of the molecule is COc1ccc(Cl)cc1NC(=O)CN(C1CCCCC1)S(=O)(=O)c1ccc(C)cc1. The van der Waals surface area contributed by atoms with E-state index in [-0.39, 0.29) is 17.5 Å². The third-order valence-corrected chi connectivity index (χ3v) is 7.49. The van der Waals surface area contributed by atoms with Crippen LogP contribution in [0.2, 0.25) is 5.02 Å². The Kier molecular flexibility index (Phi) is 7.39. The monoisotopic (exact) mass is 450 g/mol. The van der Waals surface area contributed by atoms with Gasteiger partial charge in [0.2, 0.25) is 15.9 Å². The number of methoxy groups -OCH3 is 1. The summed E-state index contributed by atoms with van der Waals surface area (Å²) in [6.45, 7) is 1.64. The summed E-state index contributed by atoms with van der Waals surface area (Å²) in [5, 5.41) is 3.20. The number of aryl methyl sites for hydroxylation is 1. The van der Waals surface area contributed by atoms with Gasteiger partial charge in [-0.25, -0.2) is 8.42 Å². The molecule has 0 atom stereocenters. The largest absolute Gasteiger partial charge is 0.495 e. The van der Waals surface area contributed by atoms with Crippen molar-refractivity contribution < 1.29 is 17.9 Å². The first kappa shape index (κ1) is 22.6. The number of hydrogen-bond donors (Lipinski definition) is 1. The summed E-state index contributed by atoms with van der Waals surface area (Å²) < 4.78 is 33.4. The van der Waals surface area contributed by atoms with Gasteiger partial charge in [0, 0.05) is 11.1 Å². The predicted octanol–water partition coefficient (Wildman–Crippen LogP) is 4.62. The van der Waals surface area contributed by atoms with E-state index in [9.17, 15) is 13.2 Å². The molecule has 162 valence electrons. The van der Waals surface area contributed by atoms with E-state index in [1.165, 1.54) is 11.4 Å². The number of nitrogens with zero attached hydrogens (tertiary/aromatic N) is 1. The Labute approximate surface area is 183 Å². The van der Waals surface area contributed by atoms with Gasteiger partial charge in [-0.2, -0.15) is 4.31 Å². The molecule has 0 saturated heterocycles. The second kappa shape index (κ2) is 9.81. The van der Waals surface area contributed by atoms with Gasteiger partial charge in [0.05, 0.1) is 24.2 Å². The van der Waals surface area contributed by atoms with Crippen molar-refractivity contribution in [3.8, 4) is 5.75 Å². The topological polar surface area (TPSA) is 75.7 Å². The van der Waals surface area contributed by atoms with Crippen LogP contribution in [0.15, 0.2) is 47.4 Å². The molecular weight excluding hydrogens is 424 g/mol. The van der Waals surface area contributed by atoms with E-state index in [4.69, 9.17) is 16.3 Å². The van der Waals surface area contributed by atoms with Crippen LogP contribution in [0.4, 0.5) is 5.69 Å². The van der Waals surface area contributed by atoms with Crippen LogP contribution in [0.3, 0.4) is 0 Å². The van der Waals surface area contributed by atoms with Crippen molar-refractivity contribution in [2.24, 2.45) is 0 Å². The summed E-state index contributed by atoms with van der Waals surface area (Å²) in [5.74, 6) is 0.0233. The number of amides is 1. The van der Waals surface area contributed by atoms with Gasteiger partial charge in [-0.15, -0.1) is 0 Å². The van der Waals surface area contributed by atoms with E-state index in [0.717, 1.165) is 37.7 Å². The third-order valence-electron chi connectivity index (χ3n) is 5.34. The number of rotatable bonds is 7. The molecule has 2 aromatic carbocycles. The molecule has 6 nitrogen and oxygen atoms in total. The van der Waals surface area contributed by atoms with Crippen molar-refractivity contribution in [1.82, 2.24) is 4.31 Å². The van der Waals surface area contributed by atoms with E-state index in [1.807, 2.05) is 6.92 Å². The molecule has 0 aliphatic heterocycles. The van der Waals surface area contributed by atoms with E-state index >= 15 is 0 Å². The minimum atomic E-state index is -3.81. The Morgan fingerprint density at radius 3 is 2.43 bits per heavy atom. The fourth-order valence-corrected chi connectivity index (χ4v) is 5.55. The lowest BCUT2D eigenvalue weighted by atomic mass is 9.95. The Bertz CT molecular complexity index is 987. The van der Waals surface area contributed by atoms with Crippen LogP contribution in [0.1, 0.15) is 37.7 Å². The van der Waals surface area contributed by atoms with Crippen LogP contribution < -0.4 is 10.1 Å². The normalized spacial score (nSPS) is 15.2. The molecule has 1 amide bonds.